The van der Waals surface area contributed by atoms with E-state index in [-0.39, 0.29) is 5.91 Å². The van der Waals surface area contributed by atoms with E-state index in [1.807, 2.05) is 13.8 Å². The van der Waals surface area contributed by atoms with Gasteiger partial charge in [-0.2, -0.15) is 0 Å². The predicted molar refractivity (Wildman–Crippen MR) is 86.6 cm³/mol. The average Bonchev–Trinajstić information content (AvgIpc) is 2.32. The van der Waals surface area contributed by atoms with Gasteiger partial charge in [0.15, 0.2) is 0 Å². The highest BCUT2D eigenvalue weighted by atomic mass is 16.1. The van der Waals surface area contributed by atoms with Crippen LogP contribution in [-0.4, -0.2) is 42.5 Å². The first-order valence-corrected chi connectivity index (χ1v) is 7.98. The summed E-state index contributed by atoms with van der Waals surface area (Å²) in [6, 6.07) is 0. The lowest BCUT2D eigenvalue weighted by atomic mass is 9.99. The van der Waals surface area contributed by atoms with Crippen LogP contribution in [0.25, 0.3) is 0 Å². The number of nitrogens with two attached hydrogens (primary N) is 1. The van der Waals surface area contributed by atoms with Crippen molar-refractivity contribution in [2.45, 2.75) is 59.9 Å². The summed E-state index contributed by atoms with van der Waals surface area (Å²) in [6.45, 7) is 16.4. The van der Waals surface area contributed by atoms with Crippen LogP contribution < -0.4 is 11.1 Å². The van der Waals surface area contributed by atoms with E-state index in [1.165, 1.54) is 0 Å². The summed E-state index contributed by atoms with van der Waals surface area (Å²) in [7, 11) is 0. The van der Waals surface area contributed by atoms with E-state index in [0.717, 1.165) is 32.5 Å². The van der Waals surface area contributed by atoms with Crippen molar-refractivity contribution in [2.75, 3.05) is 26.2 Å². The van der Waals surface area contributed by atoms with Gasteiger partial charge in [-0.3, -0.25) is 4.79 Å². The molecule has 0 aliphatic heterocycles. The van der Waals surface area contributed by atoms with E-state index < -0.39 is 5.54 Å². The summed E-state index contributed by atoms with van der Waals surface area (Å²) in [5.41, 5.74) is 4.95. The Morgan fingerprint density at radius 2 is 1.60 bits per heavy atom. The Bertz CT molecular complexity index is 267. The zero-order valence-corrected chi connectivity index (χ0v) is 14.3. The first kappa shape index (κ1) is 19.4. The molecule has 0 saturated heterocycles. The fraction of sp³-hybridized carbons (Fsp3) is 0.938. The molecule has 0 spiro atoms. The zero-order valence-electron chi connectivity index (χ0n) is 14.3. The van der Waals surface area contributed by atoms with Crippen LogP contribution in [0.4, 0.5) is 0 Å². The highest BCUT2D eigenvalue weighted by Crippen LogP contribution is 2.12. The molecule has 0 bridgehead atoms. The van der Waals surface area contributed by atoms with Crippen LogP contribution in [0.1, 0.15) is 54.4 Å². The van der Waals surface area contributed by atoms with Crippen LogP contribution in [0.5, 0.6) is 0 Å². The standard InChI is InChI=1S/C16H35N3O/c1-7-18-16(6,15(17)20)12-19(10-8-13(2)3)11-9-14(4)5/h13-14,18H,7-12H2,1-6H3,(H2,17,20). The fourth-order valence-corrected chi connectivity index (χ4v) is 2.21. The van der Waals surface area contributed by atoms with Crippen molar-refractivity contribution >= 4 is 5.91 Å². The van der Waals surface area contributed by atoms with Gasteiger partial charge in [0.25, 0.3) is 0 Å². The summed E-state index contributed by atoms with van der Waals surface area (Å²) in [5, 5.41) is 3.25. The third-order valence-corrected chi connectivity index (χ3v) is 3.70. The van der Waals surface area contributed by atoms with Gasteiger partial charge in [0.1, 0.15) is 5.54 Å². The number of rotatable bonds is 11. The van der Waals surface area contributed by atoms with Crippen molar-refractivity contribution in [3.05, 3.63) is 0 Å². The first-order valence-electron chi connectivity index (χ1n) is 7.98. The van der Waals surface area contributed by atoms with E-state index >= 15 is 0 Å². The molecule has 4 nitrogen and oxygen atoms in total. The second-order valence-corrected chi connectivity index (χ2v) is 6.87. The molecular formula is C16H35N3O. The molecule has 4 heteroatoms. The van der Waals surface area contributed by atoms with Crippen LogP contribution in [0.3, 0.4) is 0 Å². The van der Waals surface area contributed by atoms with E-state index in [4.69, 9.17) is 5.73 Å². The lowest BCUT2D eigenvalue weighted by Crippen LogP contribution is -2.59. The van der Waals surface area contributed by atoms with Crippen molar-refractivity contribution < 1.29 is 4.79 Å². The molecule has 20 heavy (non-hydrogen) atoms. The maximum atomic E-state index is 11.8. The van der Waals surface area contributed by atoms with Gasteiger partial charge in [-0.15, -0.1) is 0 Å². The van der Waals surface area contributed by atoms with Crippen LogP contribution in [0.2, 0.25) is 0 Å². The summed E-state index contributed by atoms with van der Waals surface area (Å²) >= 11 is 0. The normalized spacial score (nSPS) is 15.1. The van der Waals surface area contributed by atoms with Gasteiger partial charge >= 0.3 is 0 Å². The molecule has 0 aromatic rings. The van der Waals surface area contributed by atoms with Crippen molar-refractivity contribution in [1.82, 2.24) is 10.2 Å². The highest BCUT2D eigenvalue weighted by Gasteiger charge is 2.32. The number of nitrogens with one attached hydrogen (secondary N) is 1. The van der Waals surface area contributed by atoms with Crippen molar-refractivity contribution in [3.8, 4) is 0 Å². The zero-order chi connectivity index (χ0) is 15.8. The smallest absolute Gasteiger partial charge is 0.238 e. The molecule has 0 radical (unpaired) electrons. The monoisotopic (exact) mass is 285 g/mol. The number of amides is 1. The van der Waals surface area contributed by atoms with E-state index in [0.29, 0.717) is 18.4 Å². The van der Waals surface area contributed by atoms with E-state index in [2.05, 4.69) is 37.9 Å². The Morgan fingerprint density at radius 1 is 1.15 bits per heavy atom. The highest BCUT2D eigenvalue weighted by molar-refractivity contribution is 5.84. The maximum absolute atomic E-state index is 11.8. The van der Waals surface area contributed by atoms with Gasteiger partial charge in [-0.1, -0.05) is 34.6 Å². The third kappa shape index (κ3) is 7.85. The molecule has 0 fully saturated rings. The molecule has 0 aromatic carbocycles. The number of likely N-dealkylation sites (N-methyl/N-ethyl adjacent to an activating group) is 1. The lowest BCUT2D eigenvalue weighted by molar-refractivity contribution is -0.124. The van der Waals surface area contributed by atoms with Crippen LogP contribution >= 0.6 is 0 Å². The Balaban J connectivity index is 4.68. The van der Waals surface area contributed by atoms with Crippen molar-refractivity contribution in [2.24, 2.45) is 17.6 Å². The van der Waals surface area contributed by atoms with E-state index in [1.54, 1.807) is 0 Å². The minimum absolute atomic E-state index is 0.265. The summed E-state index contributed by atoms with van der Waals surface area (Å²) in [5.74, 6) is 1.09. The number of carbonyl (C=O) groups is 1. The number of carbonyl (C=O) groups excluding carboxylic acids is 1. The Kier molecular flexibility index (Phi) is 9.06. The summed E-state index contributed by atoms with van der Waals surface area (Å²) in [4.78, 5) is 14.1. The topological polar surface area (TPSA) is 58.4 Å². The molecule has 3 N–H and O–H groups in total. The van der Waals surface area contributed by atoms with Gasteiger partial charge in [0.05, 0.1) is 0 Å². The second-order valence-electron chi connectivity index (χ2n) is 6.87. The maximum Gasteiger partial charge on any atom is 0.238 e. The Labute approximate surface area is 125 Å². The fourth-order valence-electron chi connectivity index (χ4n) is 2.21. The number of primary amides is 1. The molecule has 0 aliphatic carbocycles. The van der Waals surface area contributed by atoms with Gasteiger partial charge < -0.3 is 16.0 Å². The van der Waals surface area contributed by atoms with Crippen LogP contribution in [0, 0.1) is 11.8 Å². The van der Waals surface area contributed by atoms with Gasteiger partial charge in [0.2, 0.25) is 5.91 Å². The molecule has 0 heterocycles. The molecular weight excluding hydrogens is 250 g/mol. The quantitative estimate of drug-likeness (QED) is 0.612. The number of hydrogen-bond acceptors (Lipinski definition) is 3. The van der Waals surface area contributed by atoms with Crippen molar-refractivity contribution in [1.29, 1.82) is 0 Å². The Hall–Kier alpha value is -0.610. The molecule has 1 unspecified atom stereocenters. The van der Waals surface area contributed by atoms with Gasteiger partial charge in [-0.25, -0.2) is 0 Å². The predicted octanol–water partition coefficient (Wildman–Crippen LogP) is 2.23. The lowest BCUT2D eigenvalue weighted by Gasteiger charge is -2.34. The van der Waals surface area contributed by atoms with Gasteiger partial charge in [-0.05, 0) is 51.2 Å². The van der Waals surface area contributed by atoms with E-state index in [9.17, 15) is 4.79 Å². The Morgan fingerprint density at radius 3 is 1.90 bits per heavy atom. The first-order chi connectivity index (χ1) is 9.21. The molecule has 0 aliphatic rings. The van der Waals surface area contributed by atoms with Crippen LogP contribution in [0.15, 0.2) is 0 Å². The molecule has 0 saturated carbocycles. The molecule has 0 rings (SSSR count). The summed E-state index contributed by atoms with van der Waals surface area (Å²) < 4.78 is 0. The van der Waals surface area contributed by atoms with Gasteiger partial charge in [0, 0.05) is 6.54 Å². The average molecular weight is 285 g/mol. The van der Waals surface area contributed by atoms with Crippen molar-refractivity contribution in [3.63, 3.8) is 0 Å². The molecule has 0 aromatic heterocycles. The minimum atomic E-state index is -0.636. The SMILES string of the molecule is CCNC(C)(CN(CCC(C)C)CCC(C)C)C(N)=O. The molecule has 1 amide bonds. The number of nitrogens with zero attached hydrogens (tertiary/aromatic N) is 1. The minimum Gasteiger partial charge on any atom is -0.368 e. The number of hydrogen-bond donors (Lipinski definition) is 2. The molecule has 1 atom stereocenters. The second kappa shape index (κ2) is 9.35. The summed E-state index contributed by atoms with van der Waals surface area (Å²) in [6.07, 6.45) is 2.30. The molecule has 120 valence electrons. The third-order valence-electron chi connectivity index (χ3n) is 3.70. The largest absolute Gasteiger partial charge is 0.368 e. The van der Waals surface area contributed by atoms with Crippen LogP contribution in [-0.2, 0) is 4.79 Å².